The average molecular weight is 458 g/mol. The lowest BCUT2D eigenvalue weighted by atomic mass is 10.1. The molecule has 1 atom stereocenters. The Balaban J connectivity index is 1.55. The summed E-state index contributed by atoms with van der Waals surface area (Å²) in [5.74, 6) is 0. The number of aromatic nitrogens is 5. The number of rotatable bonds is 5. The molecule has 5 rings (SSSR count). The molecule has 0 spiro atoms. The highest BCUT2D eigenvalue weighted by Gasteiger charge is 2.16. The quantitative estimate of drug-likeness (QED) is 0.408. The highest BCUT2D eigenvalue weighted by atomic mass is 35.5. The lowest BCUT2D eigenvalue weighted by Crippen LogP contribution is -2.26. The first-order chi connectivity index (χ1) is 16.0. The van der Waals surface area contributed by atoms with Crippen LogP contribution < -0.4 is 5.56 Å². The molecule has 0 aliphatic heterocycles. The van der Waals surface area contributed by atoms with Crippen molar-refractivity contribution in [3.05, 3.63) is 99.8 Å². The van der Waals surface area contributed by atoms with Crippen molar-refractivity contribution in [2.75, 3.05) is 6.61 Å². The van der Waals surface area contributed by atoms with E-state index in [0.717, 1.165) is 33.4 Å². The van der Waals surface area contributed by atoms with Crippen molar-refractivity contribution < 1.29 is 5.11 Å². The molecule has 0 bridgehead atoms. The largest absolute Gasteiger partial charge is 0.394 e. The van der Waals surface area contributed by atoms with Gasteiger partial charge < -0.3 is 9.67 Å². The minimum absolute atomic E-state index is 0.229. The summed E-state index contributed by atoms with van der Waals surface area (Å²) < 4.78 is 1.50. The standard InChI is InChI=1S/C25H20ClN5O2/c1-15-9-18(5-7-27-15)25-20-12-21(28-13-22(20)29-30-25)16-6-8-31(24(33)11-16)23(14-32)17-3-2-4-19(26)10-17/h2-13,23,32H,14H2,1H3,(H,29,30). The molecular weight excluding hydrogens is 438 g/mol. The van der Waals surface area contributed by atoms with Crippen LogP contribution in [0.1, 0.15) is 17.3 Å². The predicted molar refractivity (Wildman–Crippen MR) is 128 cm³/mol. The highest BCUT2D eigenvalue weighted by Crippen LogP contribution is 2.29. The van der Waals surface area contributed by atoms with Crippen LogP contribution in [0.15, 0.2) is 78.0 Å². The van der Waals surface area contributed by atoms with Gasteiger partial charge in [0.2, 0.25) is 0 Å². The highest BCUT2D eigenvalue weighted by molar-refractivity contribution is 6.30. The van der Waals surface area contributed by atoms with Gasteiger partial charge in [-0.3, -0.25) is 19.9 Å². The van der Waals surface area contributed by atoms with E-state index in [9.17, 15) is 9.90 Å². The summed E-state index contributed by atoms with van der Waals surface area (Å²) in [6.07, 6.45) is 5.14. The molecule has 164 valence electrons. The molecule has 0 saturated heterocycles. The number of aryl methyl sites for hydroxylation is 1. The average Bonchev–Trinajstić information content (AvgIpc) is 3.24. The third-order valence-electron chi connectivity index (χ3n) is 5.60. The molecule has 1 aromatic carbocycles. The number of nitrogens with one attached hydrogen (secondary N) is 1. The smallest absolute Gasteiger partial charge is 0.251 e. The fourth-order valence-electron chi connectivity index (χ4n) is 3.96. The molecule has 33 heavy (non-hydrogen) atoms. The van der Waals surface area contributed by atoms with Gasteiger partial charge in [0.1, 0.15) is 5.69 Å². The number of nitrogens with zero attached hydrogens (tertiary/aromatic N) is 4. The molecule has 4 heterocycles. The van der Waals surface area contributed by atoms with Gasteiger partial charge in [-0.05, 0) is 48.9 Å². The number of H-pyrrole nitrogens is 1. The SMILES string of the molecule is Cc1cc(-c2n[nH]c3cnc(-c4ccn(C(CO)c5cccc(Cl)c5)c(=O)c4)cc23)ccn1. The van der Waals surface area contributed by atoms with Gasteiger partial charge in [0.05, 0.1) is 30.1 Å². The van der Waals surface area contributed by atoms with Crippen LogP contribution in [0, 0.1) is 6.92 Å². The van der Waals surface area contributed by atoms with E-state index in [-0.39, 0.29) is 12.2 Å². The molecular formula is C25H20ClN5O2. The minimum Gasteiger partial charge on any atom is -0.394 e. The Kier molecular flexibility index (Phi) is 5.50. The van der Waals surface area contributed by atoms with Crippen LogP contribution in [0.25, 0.3) is 33.4 Å². The van der Waals surface area contributed by atoms with Crippen molar-refractivity contribution in [1.82, 2.24) is 24.7 Å². The Morgan fingerprint density at radius 3 is 2.73 bits per heavy atom. The second kappa shape index (κ2) is 8.61. The van der Waals surface area contributed by atoms with Crippen molar-refractivity contribution in [2.24, 2.45) is 0 Å². The zero-order valence-electron chi connectivity index (χ0n) is 17.7. The van der Waals surface area contributed by atoms with Gasteiger partial charge in [0, 0.05) is 45.7 Å². The first kappa shape index (κ1) is 21.1. The van der Waals surface area contributed by atoms with Crippen molar-refractivity contribution >= 4 is 22.5 Å². The third kappa shape index (κ3) is 4.04. The van der Waals surface area contributed by atoms with E-state index in [1.54, 1.807) is 36.8 Å². The molecule has 0 aliphatic rings. The fraction of sp³-hybridized carbons (Fsp3) is 0.120. The zero-order chi connectivity index (χ0) is 22.9. The minimum atomic E-state index is -0.531. The number of hydrogen-bond acceptors (Lipinski definition) is 5. The Labute approximate surface area is 194 Å². The molecule has 0 aliphatic carbocycles. The second-order valence-electron chi connectivity index (χ2n) is 7.79. The van der Waals surface area contributed by atoms with E-state index in [1.165, 1.54) is 10.6 Å². The van der Waals surface area contributed by atoms with Crippen molar-refractivity contribution in [1.29, 1.82) is 0 Å². The number of hydrogen-bond donors (Lipinski definition) is 2. The number of aromatic amines is 1. The number of aliphatic hydroxyl groups is 1. The molecule has 5 aromatic rings. The maximum atomic E-state index is 13.0. The molecule has 7 nitrogen and oxygen atoms in total. The number of benzene rings is 1. The van der Waals surface area contributed by atoms with Gasteiger partial charge in [-0.15, -0.1) is 0 Å². The Hall–Kier alpha value is -3.81. The normalized spacial score (nSPS) is 12.2. The number of pyridine rings is 3. The van der Waals surface area contributed by atoms with Crippen molar-refractivity contribution in [3.63, 3.8) is 0 Å². The van der Waals surface area contributed by atoms with Crippen molar-refractivity contribution in [3.8, 4) is 22.5 Å². The molecule has 0 radical (unpaired) electrons. The first-order valence-electron chi connectivity index (χ1n) is 10.4. The topological polar surface area (TPSA) is 96.7 Å². The van der Waals surface area contributed by atoms with Crippen LogP contribution in [0.3, 0.4) is 0 Å². The van der Waals surface area contributed by atoms with E-state index in [0.29, 0.717) is 16.3 Å². The summed E-state index contributed by atoms with van der Waals surface area (Å²) in [7, 11) is 0. The second-order valence-corrected chi connectivity index (χ2v) is 8.22. The number of aliphatic hydroxyl groups excluding tert-OH is 1. The molecule has 2 N–H and O–H groups in total. The van der Waals surface area contributed by atoms with Gasteiger partial charge in [-0.2, -0.15) is 5.10 Å². The van der Waals surface area contributed by atoms with Crippen LogP contribution in [0.2, 0.25) is 5.02 Å². The Bertz CT molecular complexity index is 1530. The molecule has 1 unspecified atom stereocenters. The van der Waals surface area contributed by atoms with Crippen molar-refractivity contribution in [2.45, 2.75) is 13.0 Å². The van der Waals surface area contributed by atoms with E-state index in [2.05, 4.69) is 20.2 Å². The van der Waals surface area contributed by atoms with Gasteiger partial charge >= 0.3 is 0 Å². The maximum Gasteiger partial charge on any atom is 0.251 e. The lowest BCUT2D eigenvalue weighted by molar-refractivity contribution is 0.247. The van der Waals surface area contributed by atoms with Crippen LogP contribution >= 0.6 is 11.6 Å². The van der Waals surface area contributed by atoms with Crippen LogP contribution in [0.4, 0.5) is 0 Å². The Morgan fingerprint density at radius 2 is 1.97 bits per heavy atom. The first-order valence-corrected chi connectivity index (χ1v) is 10.8. The Morgan fingerprint density at radius 1 is 1.09 bits per heavy atom. The fourth-order valence-corrected chi connectivity index (χ4v) is 4.16. The molecule has 8 heteroatoms. The van der Waals surface area contributed by atoms with Gasteiger partial charge in [-0.1, -0.05) is 23.7 Å². The lowest BCUT2D eigenvalue weighted by Gasteiger charge is -2.18. The van der Waals surface area contributed by atoms with Crippen LogP contribution in [-0.2, 0) is 0 Å². The van der Waals surface area contributed by atoms with Crippen LogP contribution in [-0.4, -0.2) is 36.4 Å². The number of halogens is 1. The van der Waals surface area contributed by atoms with E-state index in [4.69, 9.17) is 11.6 Å². The molecule has 0 fully saturated rings. The van der Waals surface area contributed by atoms with E-state index < -0.39 is 6.04 Å². The third-order valence-corrected chi connectivity index (χ3v) is 5.84. The summed E-state index contributed by atoms with van der Waals surface area (Å²) in [5, 5.41) is 18.9. The van der Waals surface area contributed by atoms with Gasteiger partial charge in [0.25, 0.3) is 5.56 Å². The summed E-state index contributed by atoms with van der Waals surface area (Å²) >= 11 is 6.09. The zero-order valence-corrected chi connectivity index (χ0v) is 18.5. The summed E-state index contributed by atoms with van der Waals surface area (Å²) in [5.41, 5.74) is 5.31. The monoisotopic (exact) mass is 457 g/mol. The molecule has 0 amide bonds. The van der Waals surface area contributed by atoms with E-state index >= 15 is 0 Å². The maximum absolute atomic E-state index is 13.0. The molecule has 4 aromatic heterocycles. The summed E-state index contributed by atoms with van der Waals surface area (Å²) in [6, 6.07) is 15.8. The van der Waals surface area contributed by atoms with Gasteiger partial charge in [0.15, 0.2) is 0 Å². The predicted octanol–water partition coefficient (Wildman–Crippen LogP) is 4.39. The number of fused-ring (bicyclic) bond motifs is 1. The summed E-state index contributed by atoms with van der Waals surface area (Å²) in [4.78, 5) is 21.7. The van der Waals surface area contributed by atoms with Gasteiger partial charge in [-0.25, -0.2) is 0 Å². The van der Waals surface area contributed by atoms with E-state index in [1.807, 2.05) is 37.3 Å². The van der Waals surface area contributed by atoms with Crippen LogP contribution in [0.5, 0.6) is 0 Å². The summed E-state index contributed by atoms with van der Waals surface area (Å²) in [6.45, 7) is 1.71. The molecule has 0 saturated carbocycles.